The molecule has 0 saturated carbocycles. The number of carbonyl (C=O) groups is 1. The van der Waals surface area contributed by atoms with Gasteiger partial charge in [0.1, 0.15) is 5.82 Å². The van der Waals surface area contributed by atoms with Gasteiger partial charge in [-0.05, 0) is 39.0 Å². The van der Waals surface area contributed by atoms with Crippen molar-refractivity contribution < 1.29 is 4.79 Å². The number of aromatic nitrogens is 2. The zero-order valence-corrected chi connectivity index (χ0v) is 15.4. The normalized spacial score (nSPS) is 19.3. The Labute approximate surface area is 154 Å². The van der Waals surface area contributed by atoms with E-state index in [4.69, 9.17) is 9.97 Å². The third-order valence-corrected chi connectivity index (χ3v) is 5.39. The third kappa shape index (κ3) is 3.30. The number of piperidine rings is 1. The van der Waals surface area contributed by atoms with Gasteiger partial charge in [0, 0.05) is 36.5 Å². The van der Waals surface area contributed by atoms with Gasteiger partial charge < -0.3 is 10.2 Å². The Hall–Kier alpha value is -2.43. The number of hydrogen-bond donors (Lipinski definition) is 1. The number of anilines is 1. The first-order chi connectivity index (χ1) is 12.8. The van der Waals surface area contributed by atoms with E-state index in [-0.39, 0.29) is 11.8 Å². The zero-order chi connectivity index (χ0) is 17.9. The van der Waals surface area contributed by atoms with Crippen molar-refractivity contribution >= 4 is 11.7 Å². The van der Waals surface area contributed by atoms with Crippen molar-refractivity contribution in [2.24, 2.45) is 5.92 Å². The molecule has 1 N–H and O–H groups in total. The number of carbonyl (C=O) groups excluding carboxylic acids is 1. The first kappa shape index (κ1) is 17.0. The highest BCUT2D eigenvalue weighted by atomic mass is 16.1. The van der Waals surface area contributed by atoms with Gasteiger partial charge in [0.25, 0.3) is 0 Å². The molecule has 4 rings (SSSR count). The Morgan fingerprint density at radius 2 is 2.04 bits per heavy atom. The summed E-state index contributed by atoms with van der Waals surface area (Å²) in [6, 6.07) is 10.2. The third-order valence-electron chi connectivity index (χ3n) is 5.39. The van der Waals surface area contributed by atoms with E-state index < -0.39 is 0 Å². The number of fused-ring (bicyclic) bond motifs is 1. The summed E-state index contributed by atoms with van der Waals surface area (Å²) in [4.78, 5) is 24.5. The van der Waals surface area contributed by atoms with E-state index in [1.165, 1.54) is 11.3 Å². The summed E-state index contributed by atoms with van der Waals surface area (Å²) in [5.74, 6) is 2.09. The smallest absolute Gasteiger partial charge is 0.224 e. The van der Waals surface area contributed by atoms with Gasteiger partial charge in [-0.25, -0.2) is 9.97 Å². The van der Waals surface area contributed by atoms with Gasteiger partial charge in [-0.1, -0.05) is 30.3 Å². The fourth-order valence-electron chi connectivity index (χ4n) is 4.09. The second-order valence-corrected chi connectivity index (χ2v) is 7.20. The Morgan fingerprint density at radius 1 is 1.19 bits per heavy atom. The van der Waals surface area contributed by atoms with E-state index in [0.29, 0.717) is 6.54 Å². The highest BCUT2D eigenvalue weighted by Crippen LogP contribution is 2.33. The molecule has 1 fully saturated rings. The number of aryl methyl sites for hydroxylation is 1. The predicted molar refractivity (Wildman–Crippen MR) is 103 cm³/mol. The van der Waals surface area contributed by atoms with E-state index in [9.17, 15) is 4.79 Å². The lowest BCUT2D eigenvalue weighted by molar-refractivity contribution is -0.125. The van der Waals surface area contributed by atoms with Crippen LogP contribution < -0.4 is 10.2 Å². The summed E-state index contributed by atoms with van der Waals surface area (Å²) < 4.78 is 0. The topological polar surface area (TPSA) is 58.1 Å². The Bertz CT molecular complexity index is 790. The molecule has 5 nitrogen and oxygen atoms in total. The molecule has 0 spiro atoms. The van der Waals surface area contributed by atoms with Gasteiger partial charge in [0.05, 0.1) is 5.92 Å². The molecule has 5 heteroatoms. The van der Waals surface area contributed by atoms with E-state index in [1.807, 2.05) is 25.1 Å². The minimum Gasteiger partial charge on any atom is -0.356 e. The predicted octanol–water partition coefficient (Wildman–Crippen LogP) is 2.98. The van der Waals surface area contributed by atoms with Crippen molar-refractivity contribution in [3.63, 3.8) is 0 Å². The standard InChI is InChI=1S/C21H26N4O/c1-2-22-21(26)16-10-7-13-25(14-16)20-17-11-6-12-18(17)23-19(24-20)15-8-4-3-5-9-15/h3-5,8-9,16H,2,6-7,10-14H2,1H3,(H,22,26). The number of benzene rings is 1. The van der Waals surface area contributed by atoms with Gasteiger partial charge in [-0.3, -0.25) is 4.79 Å². The first-order valence-electron chi connectivity index (χ1n) is 9.74. The maximum absolute atomic E-state index is 12.3. The van der Waals surface area contributed by atoms with Gasteiger partial charge >= 0.3 is 0 Å². The summed E-state index contributed by atoms with van der Waals surface area (Å²) in [7, 11) is 0. The molecular formula is C21H26N4O. The second kappa shape index (κ2) is 7.44. The maximum Gasteiger partial charge on any atom is 0.224 e. The number of rotatable bonds is 4. The van der Waals surface area contributed by atoms with Gasteiger partial charge in [0.15, 0.2) is 5.82 Å². The lowest BCUT2D eigenvalue weighted by Crippen LogP contribution is -2.43. The van der Waals surface area contributed by atoms with Crippen LogP contribution in [0.1, 0.15) is 37.4 Å². The fourth-order valence-corrected chi connectivity index (χ4v) is 4.09. The SMILES string of the molecule is CCNC(=O)C1CCCN(c2nc(-c3ccccc3)nc3c2CCC3)C1. The van der Waals surface area contributed by atoms with Crippen molar-refractivity contribution in [3.05, 3.63) is 41.6 Å². The molecule has 0 bridgehead atoms. The molecule has 1 amide bonds. The molecule has 1 aromatic heterocycles. The van der Waals surface area contributed by atoms with Gasteiger partial charge in [0.2, 0.25) is 5.91 Å². The summed E-state index contributed by atoms with van der Waals surface area (Å²) in [6.07, 6.45) is 5.20. The molecule has 1 aliphatic carbocycles. The molecule has 1 atom stereocenters. The second-order valence-electron chi connectivity index (χ2n) is 7.20. The highest BCUT2D eigenvalue weighted by Gasteiger charge is 2.30. The lowest BCUT2D eigenvalue weighted by Gasteiger charge is -2.34. The molecule has 2 aliphatic rings. The zero-order valence-electron chi connectivity index (χ0n) is 15.4. The van der Waals surface area contributed by atoms with E-state index in [0.717, 1.165) is 62.4 Å². The number of nitrogens with one attached hydrogen (secondary N) is 1. The van der Waals surface area contributed by atoms with Crippen LogP contribution in [0.2, 0.25) is 0 Å². The first-order valence-corrected chi connectivity index (χ1v) is 9.74. The number of hydrogen-bond acceptors (Lipinski definition) is 4. The van der Waals surface area contributed by atoms with E-state index >= 15 is 0 Å². The minimum atomic E-state index is 0.0518. The number of nitrogens with zero attached hydrogens (tertiary/aromatic N) is 3. The van der Waals surface area contributed by atoms with Crippen molar-refractivity contribution in [3.8, 4) is 11.4 Å². The molecule has 1 unspecified atom stereocenters. The molecule has 136 valence electrons. The van der Waals surface area contributed by atoms with Crippen LogP contribution >= 0.6 is 0 Å². The Morgan fingerprint density at radius 3 is 2.85 bits per heavy atom. The monoisotopic (exact) mass is 350 g/mol. The molecule has 1 aromatic carbocycles. The van der Waals surface area contributed by atoms with Crippen LogP contribution in [-0.2, 0) is 17.6 Å². The summed E-state index contributed by atoms with van der Waals surface area (Å²) in [5.41, 5.74) is 3.54. The van der Waals surface area contributed by atoms with Crippen LogP contribution in [-0.4, -0.2) is 35.5 Å². The van der Waals surface area contributed by atoms with Crippen LogP contribution in [0.25, 0.3) is 11.4 Å². The lowest BCUT2D eigenvalue weighted by atomic mass is 9.96. The molecule has 1 aliphatic heterocycles. The average Bonchev–Trinajstić information content (AvgIpc) is 3.17. The van der Waals surface area contributed by atoms with Crippen molar-refractivity contribution in [1.82, 2.24) is 15.3 Å². The van der Waals surface area contributed by atoms with Crippen molar-refractivity contribution in [2.75, 3.05) is 24.5 Å². The average molecular weight is 350 g/mol. The Balaban J connectivity index is 1.67. The fraction of sp³-hybridized carbons (Fsp3) is 0.476. The van der Waals surface area contributed by atoms with Crippen molar-refractivity contribution in [2.45, 2.75) is 39.0 Å². The van der Waals surface area contributed by atoms with Crippen LogP contribution in [0.4, 0.5) is 5.82 Å². The van der Waals surface area contributed by atoms with Gasteiger partial charge in [-0.15, -0.1) is 0 Å². The molecule has 26 heavy (non-hydrogen) atoms. The molecular weight excluding hydrogens is 324 g/mol. The van der Waals surface area contributed by atoms with E-state index in [2.05, 4.69) is 22.3 Å². The largest absolute Gasteiger partial charge is 0.356 e. The Kier molecular flexibility index (Phi) is 4.87. The van der Waals surface area contributed by atoms with Gasteiger partial charge in [-0.2, -0.15) is 0 Å². The molecule has 1 saturated heterocycles. The minimum absolute atomic E-state index is 0.0518. The molecule has 2 heterocycles. The van der Waals surface area contributed by atoms with Crippen LogP contribution in [0.5, 0.6) is 0 Å². The summed E-state index contributed by atoms with van der Waals surface area (Å²) in [6.45, 7) is 4.38. The maximum atomic E-state index is 12.3. The molecule has 0 radical (unpaired) electrons. The summed E-state index contributed by atoms with van der Waals surface area (Å²) in [5, 5.41) is 2.98. The summed E-state index contributed by atoms with van der Waals surface area (Å²) >= 11 is 0. The van der Waals surface area contributed by atoms with E-state index in [1.54, 1.807) is 0 Å². The quantitative estimate of drug-likeness (QED) is 0.921. The van der Waals surface area contributed by atoms with Crippen LogP contribution in [0.3, 0.4) is 0 Å². The number of amides is 1. The molecule has 2 aromatic rings. The van der Waals surface area contributed by atoms with Crippen LogP contribution in [0.15, 0.2) is 30.3 Å². The van der Waals surface area contributed by atoms with Crippen LogP contribution in [0, 0.1) is 5.92 Å². The highest BCUT2D eigenvalue weighted by molar-refractivity contribution is 5.79. The van der Waals surface area contributed by atoms with Crippen molar-refractivity contribution in [1.29, 1.82) is 0 Å².